The van der Waals surface area contributed by atoms with Gasteiger partial charge in [0, 0.05) is 54.1 Å². The summed E-state index contributed by atoms with van der Waals surface area (Å²) in [5.74, 6) is -1.42. The lowest BCUT2D eigenvalue weighted by molar-refractivity contribution is -0.148. The van der Waals surface area contributed by atoms with E-state index in [1.54, 1.807) is 11.8 Å². The average Bonchev–Trinajstić information content (AvgIpc) is 2.83. The predicted octanol–water partition coefficient (Wildman–Crippen LogP) is 4.36. The van der Waals surface area contributed by atoms with E-state index < -0.39 is 11.9 Å². The number of anilines is 2. The van der Waals surface area contributed by atoms with E-state index in [4.69, 9.17) is 21.4 Å². The van der Waals surface area contributed by atoms with Crippen molar-refractivity contribution >= 4 is 46.7 Å². The standard InChI is InChI=1S/C25H30ClN3O4S/c26-19-6-7-23-21(18-19)29(20-4-1-2-5-22(20)34-23)11-3-10-27-12-14-28(15-13-27)16-17-33-25(32)9-8-24(30)31/h1-2,4-7,18H,3,8-17H2,(H,30,31). The quantitative estimate of drug-likeness (QED) is 0.479. The number of carboxylic acid groups (broad SMARTS) is 1. The van der Waals surface area contributed by atoms with Crippen molar-refractivity contribution in [3.63, 3.8) is 0 Å². The van der Waals surface area contributed by atoms with Crippen molar-refractivity contribution in [3.8, 4) is 0 Å². The van der Waals surface area contributed by atoms with Gasteiger partial charge in [-0.1, -0.05) is 35.5 Å². The van der Waals surface area contributed by atoms with Crippen LogP contribution in [0.25, 0.3) is 0 Å². The lowest BCUT2D eigenvalue weighted by atomic mass is 10.2. The summed E-state index contributed by atoms with van der Waals surface area (Å²) in [4.78, 5) is 31.7. The van der Waals surface area contributed by atoms with Gasteiger partial charge in [0.1, 0.15) is 6.61 Å². The summed E-state index contributed by atoms with van der Waals surface area (Å²) in [5.41, 5.74) is 2.42. The molecule has 4 rings (SSSR count). The molecule has 1 fully saturated rings. The van der Waals surface area contributed by atoms with Gasteiger partial charge in [0.15, 0.2) is 0 Å². The summed E-state index contributed by atoms with van der Waals surface area (Å²) >= 11 is 8.12. The van der Waals surface area contributed by atoms with Crippen LogP contribution < -0.4 is 4.90 Å². The maximum absolute atomic E-state index is 11.5. The number of ether oxygens (including phenoxy) is 1. The minimum atomic E-state index is -0.982. The Hall–Kier alpha value is -2.26. The second kappa shape index (κ2) is 11.9. The number of halogens is 1. The van der Waals surface area contributed by atoms with Crippen molar-refractivity contribution in [2.45, 2.75) is 29.1 Å². The van der Waals surface area contributed by atoms with Crippen LogP contribution in [0, 0.1) is 0 Å². The van der Waals surface area contributed by atoms with E-state index in [9.17, 15) is 9.59 Å². The van der Waals surface area contributed by atoms with E-state index >= 15 is 0 Å². The van der Waals surface area contributed by atoms with Crippen LogP contribution in [0.1, 0.15) is 19.3 Å². The van der Waals surface area contributed by atoms with Gasteiger partial charge in [-0.05, 0) is 43.3 Å². The zero-order valence-electron chi connectivity index (χ0n) is 19.1. The molecule has 9 heteroatoms. The molecule has 0 aromatic heterocycles. The molecular formula is C25H30ClN3O4S. The summed E-state index contributed by atoms with van der Waals surface area (Å²) in [6.45, 7) is 6.81. The molecule has 0 saturated carbocycles. The fourth-order valence-corrected chi connectivity index (χ4v) is 5.54. The first-order chi connectivity index (χ1) is 16.5. The molecule has 0 atom stereocenters. The van der Waals surface area contributed by atoms with Gasteiger partial charge in [-0.2, -0.15) is 0 Å². The van der Waals surface area contributed by atoms with Crippen molar-refractivity contribution in [3.05, 3.63) is 47.5 Å². The molecule has 2 aliphatic heterocycles. The molecule has 2 aromatic carbocycles. The highest BCUT2D eigenvalue weighted by atomic mass is 35.5. The highest BCUT2D eigenvalue weighted by Crippen LogP contribution is 2.48. The Morgan fingerprint density at radius 1 is 0.912 bits per heavy atom. The minimum Gasteiger partial charge on any atom is -0.481 e. The Balaban J connectivity index is 1.21. The number of nitrogens with zero attached hydrogens (tertiary/aromatic N) is 3. The van der Waals surface area contributed by atoms with Gasteiger partial charge in [0.25, 0.3) is 0 Å². The first-order valence-corrected chi connectivity index (χ1v) is 12.8. The Bertz CT molecular complexity index is 1010. The third kappa shape index (κ3) is 6.66. The van der Waals surface area contributed by atoms with Crippen molar-refractivity contribution < 1.29 is 19.4 Å². The Labute approximate surface area is 209 Å². The number of rotatable bonds is 10. The number of aliphatic carboxylic acids is 1. The van der Waals surface area contributed by atoms with Gasteiger partial charge in [-0.25, -0.2) is 0 Å². The SMILES string of the molecule is O=C(O)CCC(=O)OCCN1CCN(CCCN2c3ccccc3Sc3ccc(Cl)cc32)CC1. The van der Waals surface area contributed by atoms with E-state index in [-0.39, 0.29) is 12.8 Å². The van der Waals surface area contributed by atoms with Gasteiger partial charge in [0.2, 0.25) is 0 Å². The van der Waals surface area contributed by atoms with Crippen LogP contribution in [-0.4, -0.2) is 79.3 Å². The largest absolute Gasteiger partial charge is 0.481 e. The average molecular weight is 504 g/mol. The molecule has 182 valence electrons. The smallest absolute Gasteiger partial charge is 0.306 e. The highest BCUT2D eigenvalue weighted by molar-refractivity contribution is 7.99. The second-order valence-electron chi connectivity index (χ2n) is 8.48. The van der Waals surface area contributed by atoms with E-state index in [0.717, 1.165) is 50.7 Å². The molecule has 0 spiro atoms. The lowest BCUT2D eigenvalue weighted by Crippen LogP contribution is -2.47. The van der Waals surface area contributed by atoms with Crippen LogP contribution in [0.4, 0.5) is 11.4 Å². The summed E-state index contributed by atoms with van der Waals surface area (Å²) < 4.78 is 5.15. The highest BCUT2D eigenvalue weighted by Gasteiger charge is 2.24. The van der Waals surface area contributed by atoms with Crippen LogP contribution in [0.15, 0.2) is 52.3 Å². The van der Waals surface area contributed by atoms with Crippen molar-refractivity contribution in [2.75, 3.05) is 57.3 Å². The number of esters is 1. The zero-order chi connectivity index (χ0) is 23.9. The topological polar surface area (TPSA) is 73.3 Å². The molecule has 2 heterocycles. The summed E-state index contributed by atoms with van der Waals surface area (Å²) in [7, 11) is 0. The number of hydrogen-bond donors (Lipinski definition) is 1. The number of hydrogen-bond acceptors (Lipinski definition) is 7. The van der Waals surface area contributed by atoms with E-state index in [1.807, 2.05) is 6.07 Å². The summed E-state index contributed by atoms with van der Waals surface area (Å²) in [6.07, 6.45) is 0.796. The molecule has 1 N–H and O–H groups in total. The Morgan fingerprint density at radius 2 is 1.62 bits per heavy atom. The van der Waals surface area contributed by atoms with Crippen molar-refractivity contribution in [2.24, 2.45) is 0 Å². The van der Waals surface area contributed by atoms with E-state index in [1.165, 1.54) is 21.2 Å². The first kappa shape index (κ1) is 24.9. The lowest BCUT2D eigenvalue weighted by Gasteiger charge is -2.36. The first-order valence-electron chi connectivity index (χ1n) is 11.7. The number of piperazine rings is 1. The molecule has 0 aliphatic carbocycles. The van der Waals surface area contributed by atoms with Gasteiger partial charge >= 0.3 is 11.9 Å². The number of benzene rings is 2. The van der Waals surface area contributed by atoms with Gasteiger partial charge < -0.3 is 19.6 Å². The number of carbonyl (C=O) groups is 2. The molecular weight excluding hydrogens is 474 g/mol. The van der Waals surface area contributed by atoms with Crippen LogP contribution in [0.2, 0.25) is 5.02 Å². The number of fused-ring (bicyclic) bond motifs is 2. The predicted molar refractivity (Wildman–Crippen MR) is 134 cm³/mol. The molecule has 0 radical (unpaired) electrons. The van der Waals surface area contributed by atoms with Crippen molar-refractivity contribution in [1.82, 2.24) is 9.80 Å². The molecule has 0 unspecified atom stereocenters. The molecule has 7 nitrogen and oxygen atoms in total. The molecule has 2 aromatic rings. The van der Waals surface area contributed by atoms with Gasteiger partial charge in [0.05, 0.1) is 24.2 Å². The maximum Gasteiger partial charge on any atom is 0.306 e. The fourth-order valence-electron chi connectivity index (χ4n) is 4.30. The van der Waals surface area contributed by atoms with E-state index in [2.05, 4.69) is 51.1 Å². The number of carbonyl (C=O) groups excluding carboxylic acids is 1. The van der Waals surface area contributed by atoms with Crippen LogP contribution >= 0.6 is 23.4 Å². The number of para-hydroxylation sites is 1. The monoisotopic (exact) mass is 503 g/mol. The molecule has 0 bridgehead atoms. The van der Waals surface area contributed by atoms with Crippen LogP contribution in [0.5, 0.6) is 0 Å². The molecule has 1 saturated heterocycles. The fraction of sp³-hybridized carbons (Fsp3) is 0.440. The Morgan fingerprint density at radius 3 is 2.38 bits per heavy atom. The number of carboxylic acids is 1. The second-order valence-corrected chi connectivity index (χ2v) is 10.0. The zero-order valence-corrected chi connectivity index (χ0v) is 20.7. The van der Waals surface area contributed by atoms with Crippen LogP contribution in [-0.2, 0) is 14.3 Å². The van der Waals surface area contributed by atoms with Gasteiger partial charge in [-0.15, -0.1) is 0 Å². The third-order valence-electron chi connectivity index (χ3n) is 6.12. The summed E-state index contributed by atoms with van der Waals surface area (Å²) in [6, 6.07) is 14.6. The summed E-state index contributed by atoms with van der Waals surface area (Å²) in [5, 5.41) is 9.38. The Kier molecular flexibility index (Phi) is 8.72. The molecule has 34 heavy (non-hydrogen) atoms. The molecule has 0 amide bonds. The maximum atomic E-state index is 11.5. The third-order valence-corrected chi connectivity index (χ3v) is 7.49. The molecule has 2 aliphatic rings. The normalized spacial score (nSPS) is 16.1. The van der Waals surface area contributed by atoms with Crippen LogP contribution in [0.3, 0.4) is 0 Å². The van der Waals surface area contributed by atoms with Crippen molar-refractivity contribution in [1.29, 1.82) is 0 Å². The minimum absolute atomic E-state index is 0.0695. The van der Waals surface area contributed by atoms with E-state index in [0.29, 0.717) is 13.2 Å². The van der Waals surface area contributed by atoms with Gasteiger partial charge in [-0.3, -0.25) is 14.5 Å².